The van der Waals surface area contributed by atoms with Crippen molar-refractivity contribution in [1.82, 2.24) is 9.80 Å². The van der Waals surface area contributed by atoms with Crippen LogP contribution in [0.2, 0.25) is 0 Å². The van der Waals surface area contributed by atoms with Crippen LogP contribution in [0.25, 0.3) is 0 Å². The highest BCUT2D eigenvalue weighted by Crippen LogP contribution is 2.26. The van der Waals surface area contributed by atoms with Crippen LogP contribution in [0.15, 0.2) is 40.6 Å². The summed E-state index contributed by atoms with van der Waals surface area (Å²) >= 11 is 3.65. The molecule has 2 heterocycles. The normalized spacial score (nSPS) is 16.4. The van der Waals surface area contributed by atoms with E-state index in [0.29, 0.717) is 12.2 Å². The summed E-state index contributed by atoms with van der Waals surface area (Å²) in [6.07, 6.45) is 3.17. The van der Waals surface area contributed by atoms with Crippen molar-refractivity contribution in [2.75, 3.05) is 44.3 Å². The Bertz CT molecular complexity index is 720. The second-order valence-electron chi connectivity index (χ2n) is 6.39. The molecule has 0 aliphatic carbocycles. The van der Waals surface area contributed by atoms with Crippen LogP contribution in [0.1, 0.15) is 11.3 Å². The van der Waals surface area contributed by atoms with Crippen LogP contribution in [0.5, 0.6) is 0 Å². The van der Waals surface area contributed by atoms with Crippen LogP contribution in [0.3, 0.4) is 0 Å². The van der Waals surface area contributed by atoms with Gasteiger partial charge in [-0.2, -0.15) is 0 Å². The molecular weight excluding hydrogens is 369 g/mol. The van der Waals surface area contributed by atoms with E-state index in [9.17, 15) is 9.18 Å². The maximum Gasteiger partial charge on any atom is 0.238 e. The molecule has 26 heavy (non-hydrogen) atoms. The van der Waals surface area contributed by atoms with Gasteiger partial charge in [0.25, 0.3) is 0 Å². The molecule has 0 spiro atoms. The highest BCUT2D eigenvalue weighted by atomic mass is 32.2. The van der Waals surface area contributed by atoms with Crippen molar-refractivity contribution in [1.29, 1.82) is 0 Å². The Balaban J connectivity index is 1.45. The first-order valence-electron chi connectivity index (χ1n) is 8.75. The molecule has 0 saturated carbocycles. The third-order valence-corrected chi connectivity index (χ3v) is 6.55. The Hall–Kier alpha value is -1.41. The Kier molecular flexibility index (Phi) is 7.07. The van der Waals surface area contributed by atoms with E-state index >= 15 is 0 Å². The summed E-state index contributed by atoms with van der Waals surface area (Å²) in [5, 5.41) is 2.84. The first kappa shape index (κ1) is 19.4. The summed E-state index contributed by atoms with van der Waals surface area (Å²) in [5.74, 6) is -0.348. The molecule has 1 fully saturated rings. The number of amides is 1. The predicted molar refractivity (Wildman–Crippen MR) is 107 cm³/mol. The average Bonchev–Trinajstić information content (AvgIpc) is 2.97. The number of anilines is 1. The molecule has 3 rings (SSSR count). The van der Waals surface area contributed by atoms with E-state index in [1.54, 1.807) is 23.9 Å². The number of nitrogens with one attached hydrogen (secondary N) is 1. The lowest BCUT2D eigenvalue weighted by Crippen LogP contribution is -2.36. The zero-order chi connectivity index (χ0) is 18.4. The van der Waals surface area contributed by atoms with Crippen molar-refractivity contribution >= 4 is 34.7 Å². The van der Waals surface area contributed by atoms with Gasteiger partial charge in [0.1, 0.15) is 5.82 Å². The van der Waals surface area contributed by atoms with Gasteiger partial charge in [0.05, 0.1) is 10.8 Å². The number of hydrogen-bond acceptors (Lipinski definition) is 5. The summed E-state index contributed by atoms with van der Waals surface area (Å²) in [6.45, 7) is 5.20. The molecule has 0 radical (unpaired) electrons. The first-order chi connectivity index (χ1) is 12.6. The van der Waals surface area contributed by atoms with Gasteiger partial charge in [-0.3, -0.25) is 14.6 Å². The number of thioether (sulfide) groups is 1. The fraction of sp³-hybridized carbons (Fsp3) is 0.421. The van der Waals surface area contributed by atoms with Gasteiger partial charge in [-0.15, -0.1) is 23.1 Å². The van der Waals surface area contributed by atoms with Gasteiger partial charge in [0.2, 0.25) is 5.91 Å². The topological polar surface area (TPSA) is 35.6 Å². The molecule has 1 aromatic carbocycles. The fourth-order valence-electron chi connectivity index (χ4n) is 3.05. The summed E-state index contributed by atoms with van der Waals surface area (Å²) in [7, 11) is 0. The molecule has 7 heteroatoms. The number of thiophene rings is 1. The Labute approximate surface area is 162 Å². The van der Waals surface area contributed by atoms with Crippen LogP contribution in [-0.4, -0.2) is 54.7 Å². The molecule has 1 amide bonds. The predicted octanol–water partition coefficient (Wildman–Crippen LogP) is 3.76. The van der Waals surface area contributed by atoms with Crippen molar-refractivity contribution in [3.05, 3.63) is 47.1 Å². The highest BCUT2D eigenvalue weighted by Gasteiger charge is 2.17. The van der Waals surface area contributed by atoms with E-state index in [-0.39, 0.29) is 11.7 Å². The average molecular weight is 394 g/mol. The van der Waals surface area contributed by atoms with Gasteiger partial charge in [-0.25, -0.2) is 4.39 Å². The molecule has 1 aliphatic heterocycles. The van der Waals surface area contributed by atoms with Crippen LogP contribution in [0.4, 0.5) is 10.1 Å². The molecule has 1 aromatic heterocycles. The van der Waals surface area contributed by atoms with Crippen LogP contribution >= 0.6 is 23.1 Å². The third-order valence-electron chi connectivity index (χ3n) is 4.39. The van der Waals surface area contributed by atoms with Crippen LogP contribution in [-0.2, 0) is 11.3 Å². The second-order valence-corrected chi connectivity index (χ2v) is 8.66. The zero-order valence-electron chi connectivity index (χ0n) is 14.9. The van der Waals surface area contributed by atoms with Gasteiger partial charge >= 0.3 is 0 Å². The Morgan fingerprint density at radius 1 is 1.12 bits per heavy atom. The summed E-state index contributed by atoms with van der Waals surface area (Å²) < 4.78 is 14.3. The molecule has 4 nitrogen and oxygen atoms in total. The van der Waals surface area contributed by atoms with Gasteiger partial charge in [-0.1, -0.05) is 0 Å². The van der Waals surface area contributed by atoms with E-state index < -0.39 is 0 Å². The quantitative estimate of drug-likeness (QED) is 0.758. The smallest absolute Gasteiger partial charge is 0.238 e. The standard InChI is InChI=1S/C19H24FN3OS2/c1-25-19-8-7-17(26-19)13-22-9-2-10-23(12-11-22)14-18(24)21-16-5-3-15(20)4-6-16/h3-8H,2,9-14H2,1H3,(H,21,24). The minimum Gasteiger partial charge on any atom is -0.325 e. The molecule has 0 unspecified atom stereocenters. The molecule has 0 bridgehead atoms. The second kappa shape index (κ2) is 9.50. The summed E-state index contributed by atoms with van der Waals surface area (Å²) in [4.78, 5) is 18.3. The van der Waals surface area contributed by atoms with E-state index in [1.165, 1.54) is 21.2 Å². The van der Waals surface area contributed by atoms with Gasteiger partial charge in [0, 0.05) is 30.2 Å². The SMILES string of the molecule is CSc1ccc(CN2CCCN(CC(=O)Nc3ccc(F)cc3)CC2)s1. The van der Waals surface area contributed by atoms with E-state index in [0.717, 1.165) is 39.1 Å². The lowest BCUT2D eigenvalue weighted by molar-refractivity contribution is -0.117. The summed E-state index contributed by atoms with van der Waals surface area (Å²) in [6, 6.07) is 10.3. The van der Waals surface area contributed by atoms with Gasteiger partial charge in [-0.05, 0) is 62.2 Å². The van der Waals surface area contributed by atoms with Crippen molar-refractivity contribution < 1.29 is 9.18 Å². The van der Waals surface area contributed by atoms with E-state index in [1.807, 2.05) is 11.3 Å². The van der Waals surface area contributed by atoms with Crippen LogP contribution < -0.4 is 5.32 Å². The van der Waals surface area contributed by atoms with Crippen molar-refractivity contribution in [3.63, 3.8) is 0 Å². The number of carbonyl (C=O) groups is 1. The lowest BCUT2D eigenvalue weighted by atomic mass is 10.3. The lowest BCUT2D eigenvalue weighted by Gasteiger charge is -2.21. The number of rotatable bonds is 6. The number of nitrogens with zero attached hydrogens (tertiary/aromatic N) is 2. The molecule has 1 saturated heterocycles. The number of hydrogen-bond donors (Lipinski definition) is 1. The number of carbonyl (C=O) groups excluding carboxylic acids is 1. The highest BCUT2D eigenvalue weighted by molar-refractivity contribution is 8.00. The molecule has 1 N–H and O–H groups in total. The first-order valence-corrected chi connectivity index (χ1v) is 10.8. The maximum atomic E-state index is 12.9. The largest absolute Gasteiger partial charge is 0.325 e. The fourth-order valence-corrected chi connectivity index (χ4v) is 4.69. The van der Waals surface area contributed by atoms with Crippen molar-refractivity contribution in [3.8, 4) is 0 Å². The van der Waals surface area contributed by atoms with Crippen molar-refractivity contribution in [2.24, 2.45) is 0 Å². The monoisotopic (exact) mass is 393 g/mol. The number of benzene rings is 1. The molecule has 0 atom stereocenters. The molecule has 1 aliphatic rings. The summed E-state index contributed by atoms with van der Waals surface area (Å²) in [5.41, 5.74) is 0.634. The Morgan fingerprint density at radius 3 is 2.58 bits per heavy atom. The Morgan fingerprint density at radius 2 is 1.85 bits per heavy atom. The van der Waals surface area contributed by atoms with Gasteiger partial charge < -0.3 is 5.32 Å². The number of halogens is 1. The maximum absolute atomic E-state index is 12.9. The molecule has 2 aromatic rings. The van der Waals surface area contributed by atoms with Crippen LogP contribution in [0, 0.1) is 5.82 Å². The molecule has 140 valence electrons. The minimum absolute atomic E-state index is 0.0482. The van der Waals surface area contributed by atoms with E-state index in [4.69, 9.17) is 0 Å². The van der Waals surface area contributed by atoms with E-state index in [2.05, 4.69) is 33.5 Å². The van der Waals surface area contributed by atoms with Crippen molar-refractivity contribution in [2.45, 2.75) is 17.2 Å². The minimum atomic E-state index is -0.300. The molecular formula is C19H24FN3OS2. The third kappa shape index (κ3) is 5.81. The van der Waals surface area contributed by atoms with Gasteiger partial charge in [0.15, 0.2) is 0 Å². The zero-order valence-corrected chi connectivity index (χ0v) is 16.5.